The molecule has 15 heavy (non-hydrogen) atoms. The van der Waals surface area contributed by atoms with Gasteiger partial charge >= 0.3 is 5.97 Å². The first-order valence-corrected chi connectivity index (χ1v) is 4.37. The molecule has 1 aromatic carbocycles. The van der Waals surface area contributed by atoms with Gasteiger partial charge in [0.15, 0.2) is 11.5 Å². The standard InChI is InChI=1S/C11H12O4/c1-3-4-7-5-6-8(12)10(15-2)9(7)11(13)14/h3-6,12H,1-2H3,(H,13,14). The van der Waals surface area contributed by atoms with Crippen LogP contribution in [0.5, 0.6) is 11.5 Å². The van der Waals surface area contributed by atoms with Gasteiger partial charge in [-0.05, 0) is 18.6 Å². The van der Waals surface area contributed by atoms with Crippen molar-refractivity contribution in [3.05, 3.63) is 29.3 Å². The minimum atomic E-state index is -1.13. The predicted octanol–water partition coefficient (Wildman–Crippen LogP) is 2.13. The molecule has 0 aliphatic heterocycles. The summed E-state index contributed by atoms with van der Waals surface area (Å²) in [4.78, 5) is 11.0. The highest BCUT2D eigenvalue weighted by Crippen LogP contribution is 2.33. The SMILES string of the molecule is CC=Cc1ccc(O)c(OC)c1C(=O)O. The molecular weight excluding hydrogens is 196 g/mol. The fourth-order valence-electron chi connectivity index (χ4n) is 1.33. The van der Waals surface area contributed by atoms with Gasteiger partial charge in [-0.3, -0.25) is 0 Å². The van der Waals surface area contributed by atoms with Crippen LogP contribution in [0.3, 0.4) is 0 Å². The number of carboxylic acids is 1. The van der Waals surface area contributed by atoms with E-state index in [0.29, 0.717) is 5.56 Å². The molecule has 0 bridgehead atoms. The quantitative estimate of drug-likeness (QED) is 0.798. The van der Waals surface area contributed by atoms with Crippen LogP contribution in [-0.4, -0.2) is 23.3 Å². The molecule has 0 spiro atoms. The maximum Gasteiger partial charge on any atom is 0.340 e. The third kappa shape index (κ3) is 2.10. The Hall–Kier alpha value is -1.97. The number of benzene rings is 1. The molecule has 0 heterocycles. The van der Waals surface area contributed by atoms with E-state index < -0.39 is 5.97 Å². The van der Waals surface area contributed by atoms with Crippen molar-refractivity contribution in [1.29, 1.82) is 0 Å². The maximum absolute atomic E-state index is 11.0. The maximum atomic E-state index is 11.0. The first-order valence-electron chi connectivity index (χ1n) is 4.37. The number of hydrogen-bond donors (Lipinski definition) is 2. The van der Waals surface area contributed by atoms with E-state index in [0.717, 1.165) is 0 Å². The van der Waals surface area contributed by atoms with Crippen LogP contribution in [0.4, 0.5) is 0 Å². The molecule has 80 valence electrons. The smallest absolute Gasteiger partial charge is 0.340 e. The van der Waals surface area contributed by atoms with Crippen LogP contribution in [-0.2, 0) is 0 Å². The summed E-state index contributed by atoms with van der Waals surface area (Å²) in [5, 5.41) is 18.4. The second-order valence-electron chi connectivity index (χ2n) is 2.89. The predicted molar refractivity (Wildman–Crippen MR) is 56.3 cm³/mol. The van der Waals surface area contributed by atoms with Crippen molar-refractivity contribution in [2.75, 3.05) is 7.11 Å². The third-order valence-electron chi connectivity index (χ3n) is 1.93. The fourth-order valence-corrected chi connectivity index (χ4v) is 1.33. The third-order valence-corrected chi connectivity index (χ3v) is 1.93. The van der Waals surface area contributed by atoms with Crippen LogP contribution >= 0.6 is 0 Å². The van der Waals surface area contributed by atoms with Crippen molar-refractivity contribution in [3.8, 4) is 11.5 Å². The molecule has 0 aliphatic rings. The number of aromatic carboxylic acids is 1. The molecule has 4 heteroatoms. The van der Waals surface area contributed by atoms with Crippen molar-refractivity contribution in [2.24, 2.45) is 0 Å². The van der Waals surface area contributed by atoms with Gasteiger partial charge in [0, 0.05) is 0 Å². The van der Waals surface area contributed by atoms with E-state index in [2.05, 4.69) is 0 Å². The number of aromatic hydroxyl groups is 1. The first kappa shape index (κ1) is 11.1. The Balaban J connectivity index is 3.48. The van der Waals surface area contributed by atoms with Gasteiger partial charge in [0.2, 0.25) is 0 Å². The summed E-state index contributed by atoms with van der Waals surface area (Å²) >= 11 is 0. The van der Waals surface area contributed by atoms with Crippen molar-refractivity contribution in [2.45, 2.75) is 6.92 Å². The Morgan fingerprint density at radius 3 is 2.60 bits per heavy atom. The first-order chi connectivity index (χ1) is 7.11. The number of ether oxygens (including phenoxy) is 1. The lowest BCUT2D eigenvalue weighted by molar-refractivity contribution is 0.0692. The normalized spacial score (nSPS) is 10.5. The van der Waals surface area contributed by atoms with E-state index in [1.807, 2.05) is 0 Å². The van der Waals surface area contributed by atoms with Crippen LogP contribution < -0.4 is 4.74 Å². The zero-order chi connectivity index (χ0) is 11.4. The average Bonchev–Trinajstić information content (AvgIpc) is 2.20. The van der Waals surface area contributed by atoms with Gasteiger partial charge < -0.3 is 14.9 Å². The van der Waals surface area contributed by atoms with Crippen LogP contribution in [0.1, 0.15) is 22.8 Å². The number of rotatable bonds is 3. The molecule has 0 aromatic heterocycles. The highest BCUT2D eigenvalue weighted by molar-refractivity contribution is 5.96. The zero-order valence-corrected chi connectivity index (χ0v) is 8.52. The molecule has 0 saturated carbocycles. The number of methoxy groups -OCH3 is 1. The molecule has 4 nitrogen and oxygen atoms in total. The molecule has 1 rings (SSSR count). The van der Waals surface area contributed by atoms with E-state index in [9.17, 15) is 9.90 Å². The minimum Gasteiger partial charge on any atom is -0.504 e. The second kappa shape index (κ2) is 4.50. The summed E-state index contributed by atoms with van der Waals surface area (Å²) < 4.78 is 4.86. The molecule has 1 aromatic rings. The van der Waals surface area contributed by atoms with Crippen molar-refractivity contribution < 1.29 is 19.7 Å². The molecule has 0 saturated heterocycles. The van der Waals surface area contributed by atoms with Crippen molar-refractivity contribution in [3.63, 3.8) is 0 Å². The Morgan fingerprint density at radius 1 is 1.47 bits per heavy atom. The number of allylic oxidation sites excluding steroid dienone is 1. The van der Waals surface area contributed by atoms with E-state index in [-0.39, 0.29) is 17.1 Å². The lowest BCUT2D eigenvalue weighted by atomic mass is 10.1. The monoisotopic (exact) mass is 208 g/mol. The van der Waals surface area contributed by atoms with Gasteiger partial charge in [0.05, 0.1) is 7.11 Å². The number of carboxylic acid groups (broad SMARTS) is 1. The molecule has 0 atom stereocenters. The number of hydrogen-bond acceptors (Lipinski definition) is 3. The van der Waals surface area contributed by atoms with Crippen molar-refractivity contribution in [1.82, 2.24) is 0 Å². The lowest BCUT2D eigenvalue weighted by Crippen LogP contribution is -2.03. The number of phenols is 1. The summed E-state index contributed by atoms with van der Waals surface area (Å²) in [6.45, 7) is 1.78. The second-order valence-corrected chi connectivity index (χ2v) is 2.89. The van der Waals surface area contributed by atoms with Gasteiger partial charge in [-0.25, -0.2) is 4.79 Å². The van der Waals surface area contributed by atoms with E-state index in [4.69, 9.17) is 9.84 Å². The summed E-state index contributed by atoms with van der Waals surface area (Å²) in [7, 11) is 1.32. The Morgan fingerprint density at radius 2 is 2.13 bits per heavy atom. The van der Waals surface area contributed by atoms with E-state index >= 15 is 0 Å². The molecule has 0 amide bonds. The largest absolute Gasteiger partial charge is 0.504 e. The average molecular weight is 208 g/mol. The molecule has 2 N–H and O–H groups in total. The van der Waals surface area contributed by atoms with E-state index in [1.54, 1.807) is 19.1 Å². The number of phenolic OH excluding ortho intramolecular Hbond substituents is 1. The summed E-state index contributed by atoms with van der Waals surface area (Å²) in [6.07, 6.45) is 3.36. The van der Waals surface area contributed by atoms with Crippen LogP contribution in [0.15, 0.2) is 18.2 Å². The van der Waals surface area contributed by atoms with Gasteiger partial charge in [0.1, 0.15) is 5.56 Å². The van der Waals surface area contributed by atoms with Gasteiger partial charge in [0.25, 0.3) is 0 Å². The highest BCUT2D eigenvalue weighted by atomic mass is 16.5. The summed E-state index contributed by atoms with van der Waals surface area (Å²) in [5.41, 5.74) is 0.468. The highest BCUT2D eigenvalue weighted by Gasteiger charge is 2.18. The summed E-state index contributed by atoms with van der Waals surface area (Å²) in [5.74, 6) is -1.32. The zero-order valence-electron chi connectivity index (χ0n) is 8.52. The molecular formula is C11H12O4. The molecule has 0 fully saturated rings. The Kier molecular flexibility index (Phi) is 3.33. The minimum absolute atomic E-state index is 0.0156. The molecule has 0 radical (unpaired) electrons. The molecule has 0 aliphatic carbocycles. The van der Waals surface area contributed by atoms with E-state index in [1.165, 1.54) is 19.2 Å². The summed E-state index contributed by atoms with van der Waals surface area (Å²) in [6, 6.07) is 2.93. The fraction of sp³-hybridized carbons (Fsp3) is 0.182. The number of carbonyl (C=O) groups is 1. The molecule has 0 unspecified atom stereocenters. The van der Waals surface area contributed by atoms with Crippen LogP contribution in [0.2, 0.25) is 0 Å². The topological polar surface area (TPSA) is 66.8 Å². The van der Waals surface area contributed by atoms with Crippen LogP contribution in [0, 0.1) is 0 Å². The Bertz CT molecular complexity index is 407. The van der Waals surface area contributed by atoms with Gasteiger partial charge in [-0.2, -0.15) is 0 Å². The Labute approximate surface area is 87.4 Å². The lowest BCUT2D eigenvalue weighted by Gasteiger charge is -2.09. The van der Waals surface area contributed by atoms with Crippen molar-refractivity contribution >= 4 is 12.0 Å². The van der Waals surface area contributed by atoms with Gasteiger partial charge in [-0.1, -0.05) is 18.2 Å². The van der Waals surface area contributed by atoms with Crippen LogP contribution in [0.25, 0.3) is 6.08 Å². The van der Waals surface area contributed by atoms with Gasteiger partial charge in [-0.15, -0.1) is 0 Å².